The maximum atomic E-state index is 11.6. The number of hydrogen-bond acceptors (Lipinski definition) is 6. The molecule has 0 aromatic carbocycles. The number of sulfonamides is 1. The molecule has 3 aliphatic heterocycles. The molecule has 3 aliphatic rings. The lowest BCUT2D eigenvalue weighted by Crippen LogP contribution is -2.37. The Hall–Kier alpha value is -1.48. The van der Waals surface area contributed by atoms with Gasteiger partial charge in [0.1, 0.15) is 11.9 Å². The lowest BCUT2D eigenvalue weighted by molar-refractivity contribution is -0.118. The van der Waals surface area contributed by atoms with Gasteiger partial charge in [0.05, 0.1) is 18.1 Å². The molecule has 0 saturated carbocycles. The maximum Gasteiger partial charge on any atom is 0.211 e. The molecule has 1 atom stereocenters. The summed E-state index contributed by atoms with van der Waals surface area (Å²) in [5.41, 5.74) is 3.20. The van der Waals surface area contributed by atoms with Gasteiger partial charge >= 0.3 is 0 Å². The molecule has 0 amide bonds. The van der Waals surface area contributed by atoms with Crippen LogP contribution in [0.4, 0.5) is 0 Å². The van der Waals surface area contributed by atoms with Crippen molar-refractivity contribution in [1.82, 2.24) is 14.4 Å². The van der Waals surface area contributed by atoms with Crippen LogP contribution in [0.3, 0.4) is 0 Å². The van der Waals surface area contributed by atoms with Crippen molar-refractivity contribution in [2.45, 2.75) is 31.8 Å². The molecule has 4 rings (SSSR count). The Morgan fingerprint density at radius 1 is 1.27 bits per heavy atom. The molecule has 1 aromatic heterocycles. The van der Waals surface area contributed by atoms with E-state index in [-0.39, 0.29) is 6.10 Å². The molecule has 0 aliphatic carbocycles. The Labute approximate surface area is 154 Å². The second kappa shape index (κ2) is 6.92. The molecular weight excluding hydrogens is 354 g/mol. The van der Waals surface area contributed by atoms with Crippen molar-refractivity contribution in [1.29, 1.82) is 0 Å². The predicted molar refractivity (Wildman–Crippen MR) is 97.5 cm³/mol. The molecule has 4 heterocycles. The summed E-state index contributed by atoms with van der Waals surface area (Å²) in [4.78, 5) is 4.54. The standard InChI is InChI=1S/C18H25N3O4S/c1-26(23,24)21-8-4-13(5-9-21)16-10-15-11-17(25-18(15)12-19-16)14-2-6-20(22)7-3-14/h4,10,12,14,17,22H,2-3,5-9,11H2,1H3. The number of hydroxylamine groups is 2. The van der Waals surface area contributed by atoms with E-state index in [9.17, 15) is 13.6 Å². The molecule has 1 unspecified atom stereocenters. The first-order chi connectivity index (χ1) is 12.4. The van der Waals surface area contributed by atoms with Gasteiger partial charge in [-0.2, -0.15) is 9.37 Å². The van der Waals surface area contributed by atoms with Crippen LogP contribution in [-0.4, -0.2) is 66.5 Å². The van der Waals surface area contributed by atoms with Gasteiger partial charge in [-0.25, -0.2) is 8.42 Å². The molecule has 1 N–H and O–H groups in total. The van der Waals surface area contributed by atoms with E-state index < -0.39 is 10.0 Å². The van der Waals surface area contributed by atoms with Gasteiger partial charge in [-0.05, 0) is 36.8 Å². The minimum atomic E-state index is -3.14. The molecule has 142 valence electrons. The van der Waals surface area contributed by atoms with E-state index in [2.05, 4.69) is 11.1 Å². The van der Waals surface area contributed by atoms with Crippen molar-refractivity contribution < 1.29 is 18.4 Å². The van der Waals surface area contributed by atoms with Crippen molar-refractivity contribution >= 4 is 15.6 Å². The number of ether oxygens (including phenoxy) is 1. The summed E-state index contributed by atoms with van der Waals surface area (Å²) in [5, 5.41) is 10.9. The largest absolute Gasteiger partial charge is 0.488 e. The quantitative estimate of drug-likeness (QED) is 0.858. The topological polar surface area (TPSA) is 83.0 Å². The Morgan fingerprint density at radius 2 is 2.04 bits per heavy atom. The first kappa shape index (κ1) is 17.9. The lowest BCUT2D eigenvalue weighted by atomic mass is 9.89. The van der Waals surface area contributed by atoms with Crippen LogP contribution in [0.5, 0.6) is 5.75 Å². The molecule has 0 radical (unpaired) electrons. The number of nitrogens with zero attached hydrogens (tertiary/aromatic N) is 3. The zero-order valence-corrected chi connectivity index (χ0v) is 15.8. The van der Waals surface area contributed by atoms with Crippen LogP contribution in [0.1, 0.15) is 30.5 Å². The third kappa shape index (κ3) is 3.64. The molecule has 0 spiro atoms. The first-order valence-electron chi connectivity index (χ1n) is 9.14. The van der Waals surface area contributed by atoms with Gasteiger partial charge in [0.2, 0.25) is 10.0 Å². The number of hydrogen-bond donors (Lipinski definition) is 1. The van der Waals surface area contributed by atoms with Gasteiger partial charge in [-0.3, -0.25) is 4.98 Å². The highest BCUT2D eigenvalue weighted by Crippen LogP contribution is 2.36. The summed E-state index contributed by atoms with van der Waals surface area (Å²) < 4.78 is 30.9. The summed E-state index contributed by atoms with van der Waals surface area (Å²) in [7, 11) is -3.14. The molecule has 1 saturated heterocycles. The van der Waals surface area contributed by atoms with E-state index in [1.165, 1.54) is 21.2 Å². The zero-order chi connectivity index (χ0) is 18.3. The number of piperidine rings is 1. The van der Waals surface area contributed by atoms with Crippen molar-refractivity contribution in [3.8, 4) is 5.75 Å². The monoisotopic (exact) mass is 379 g/mol. The predicted octanol–water partition coefficient (Wildman–Crippen LogP) is 1.53. The SMILES string of the molecule is CS(=O)(=O)N1CC=C(c2cc3c(cn2)OC(C2CCN(O)CC2)C3)CC1. The fourth-order valence-corrected chi connectivity index (χ4v) is 4.82. The van der Waals surface area contributed by atoms with Crippen LogP contribution in [0, 0.1) is 5.92 Å². The van der Waals surface area contributed by atoms with E-state index >= 15 is 0 Å². The van der Waals surface area contributed by atoms with E-state index in [1.54, 1.807) is 6.20 Å². The van der Waals surface area contributed by atoms with Crippen LogP contribution < -0.4 is 4.74 Å². The zero-order valence-electron chi connectivity index (χ0n) is 15.0. The van der Waals surface area contributed by atoms with Crippen LogP contribution in [0.2, 0.25) is 0 Å². The summed E-state index contributed by atoms with van der Waals surface area (Å²) >= 11 is 0. The maximum absolute atomic E-state index is 11.6. The average Bonchev–Trinajstić information content (AvgIpc) is 3.05. The highest BCUT2D eigenvalue weighted by molar-refractivity contribution is 7.88. The Bertz CT molecular complexity index is 816. The fraction of sp³-hybridized carbons (Fsp3) is 0.611. The first-order valence-corrected chi connectivity index (χ1v) is 11.0. The molecule has 7 nitrogen and oxygen atoms in total. The minimum Gasteiger partial charge on any atom is -0.488 e. The Balaban J connectivity index is 1.45. The summed E-state index contributed by atoms with van der Waals surface area (Å²) in [6, 6.07) is 2.10. The van der Waals surface area contributed by atoms with Gasteiger partial charge in [-0.15, -0.1) is 0 Å². The second-order valence-corrected chi connectivity index (χ2v) is 9.41. The highest BCUT2D eigenvalue weighted by Gasteiger charge is 2.33. The van der Waals surface area contributed by atoms with E-state index in [0.717, 1.165) is 36.3 Å². The molecular formula is C18H25N3O4S. The van der Waals surface area contributed by atoms with Crippen LogP contribution >= 0.6 is 0 Å². The van der Waals surface area contributed by atoms with Crippen molar-refractivity contribution in [2.24, 2.45) is 5.92 Å². The lowest BCUT2D eigenvalue weighted by Gasteiger charge is -2.30. The van der Waals surface area contributed by atoms with Crippen molar-refractivity contribution in [3.63, 3.8) is 0 Å². The van der Waals surface area contributed by atoms with E-state index in [0.29, 0.717) is 38.5 Å². The van der Waals surface area contributed by atoms with Gasteiger partial charge < -0.3 is 9.94 Å². The van der Waals surface area contributed by atoms with E-state index in [4.69, 9.17) is 4.74 Å². The van der Waals surface area contributed by atoms with Gasteiger partial charge in [0.15, 0.2) is 0 Å². The molecule has 1 aromatic rings. The van der Waals surface area contributed by atoms with Crippen LogP contribution in [-0.2, 0) is 16.4 Å². The Kier molecular flexibility index (Phi) is 4.77. The molecule has 8 heteroatoms. The molecule has 26 heavy (non-hydrogen) atoms. The van der Waals surface area contributed by atoms with E-state index in [1.807, 2.05) is 6.08 Å². The number of aromatic nitrogens is 1. The third-order valence-electron chi connectivity index (χ3n) is 5.66. The normalized spacial score (nSPS) is 25.6. The van der Waals surface area contributed by atoms with Crippen LogP contribution in [0.15, 0.2) is 18.3 Å². The smallest absolute Gasteiger partial charge is 0.211 e. The third-order valence-corrected chi connectivity index (χ3v) is 6.93. The average molecular weight is 379 g/mol. The van der Waals surface area contributed by atoms with Gasteiger partial charge in [-0.1, -0.05) is 6.08 Å². The highest BCUT2D eigenvalue weighted by atomic mass is 32.2. The summed E-state index contributed by atoms with van der Waals surface area (Å²) in [5.74, 6) is 1.32. The van der Waals surface area contributed by atoms with Crippen molar-refractivity contribution in [2.75, 3.05) is 32.4 Å². The number of pyridine rings is 1. The second-order valence-electron chi connectivity index (χ2n) is 7.43. The van der Waals surface area contributed by atoms with Crippen LogP contribution in [0.25, 0.3) is 5.57 Å². The number of fused-ring (bicyclic) bond motifs is 1. The minimum absolute atomic E-state index is 0.164. The van der Waals surface area contributed by atoms with Gasteiger partial charge in [0.25, 0.3) is 0 Å². The molecule has 1 fully saturated rings. The summed E-state index contributed by atoms with van der Waals surface area (Å²) in [6.07, 6.45) is 8.63. The fourth-order valence-electron chi connectivity index (χ4n) is 4.05. The molecule has 0 bridgehead atoms. The summed E-state index contributed by atoms with van der Waals surface area (Å²) in [6.45, 7) is 2.32. The van der Waals surface area contributed by atoms with Gasteiger partial charge in [0, 0.05) is 38.2 Å². The number of rotatable bonds is 3. The Morgan fingerprint density at radius 3 is 2.69 bits per heavy atom. The van der Waals surface area contributed by atoms with Crippen molar-refractivity contribution in [3.05, 3.63) is 29.6 Å².